The van der Waals surface area contributed by atoms with Gasteiger partial charge in [0.05, 0.1) is 0 Å². The number of nitrogens with two attached hydrogens (primary N) is 2. The van der Waals surface area contributed by atoms with Crippen LogP contribution < -0.4 is 11.5 Å². The van der Waals surface area contributed by atoms with Gasteiger partial charge in [0.25, 0.3) is 0 Å². The largest absolute Gasteiger partial charge is 0.399 e. The molecule has 0 spiro atoms. The van der Waals surface area contributed by atoms with Crippen LogP contribution in [0.3, 0.4) is 0 Å². The molecule has 3 aromatic rings. The fourth-order valence-electron chi connectivity index (χ4n) is 4.39. The Bertz CT molecular complexity index is 913. The van der Waals surface area contributed by atoms with Crippen molar-refractivity contribution in [1.82, 2.24) is 0 Å². The van der Waals surface area contributed by atoms with E-state index in [0.29, 0.717) is 0 Å². The summed E-state index contributed by atoms with van der Waals surface area (Å²) in [6.45, 7) is 13.4. The van der Waals surface area contributed by atoms with Crippen LogP contribution in [0.2, 0.25) is 0 Å². The van der Waals surface area contributed by atoms with Gasteiger partial charge in [0.15, 0.2) is 0 Å². The van der Waals surface area contributed by atoms with Gasteiger partial charge in [-0.3, -0.25) is 0 Å². The van der Waals surface area contributed by atoms with E-state index in [4.69, 9.17) is 11.5 Å². The van der Waals surface area contributed by atoms with Crippen LogP contribution in [-0.2, 0) is 10.8 Å². The van der Waals surface area contributed by atoms with Crippen LogP contribution in [0, 0.1) is 13.8 Å². The van der Waals surface area contributed by atoms with E-state index in [0.717, 1.165) is 11.4 Å². The van der Waals surface area contributed by atoms with Gasteiger partial charge in [-0.15, -0.1) is 0 Å². The third-order valence-electron chi connectivity index (χ3n) is 6.18. The van der Waals surface area contributed by atoms with Crippen LogP contribution in [0.1, 0.15) is 61.1 Å². The average molecular weight is 373 g/mol. The predicted octanol–water partition coefficient (Wildman–Crippen LogP) is 6.12. The molecule has 3 rings (SSSR count). The Morgan fingerprint density at radius 3 is 1.14 bits per heavy atom. The van der Waals surface area contributed by atoms with Gasteiger partial charge in [0.2, 0.25) is 0 Å². The first-order chi connectivity index (χ1) is 13.0. The zero-order valence-electron chi connectivity index (χ0n) is 17.9. The van der Waals surface area contributed by atoms with Crippen molar-refractivity contribution in [2.45, 2.75) is 52.4 Å². The Labute approximate surface area is 169 Å². The van der Waals surface area contributed by atoms with Crippen LogP contribution in [-0.4, -0.2) is 0 Å². The minimum absolute atomic E-state index is 0.0857. The topological polar surface area (TPSA) is 52.0 Å². The molecule has 4 N–H and O–H groups in total. The highest BCUT2D eigenvalue weighted by atomic mass is 14.5. The molecule has 0 saturated carbocycles. The molecule has 0 aliphatic carbocycles. The lowest BCUT2D eigenvalue weighted by molar-refractivity contribution is 0.622. The fraction of sp³-hybridized carbons (Fsp3) is 0.308. The Hall–Kier alpha value is -2.74. The van der Waals surface area contributed by atoms with Crippen molar-refractivity contribution >= 4 is 11.4 Å². The van der Waals surface area contributed by atoms with Crippen molar-refractivity contribution in [3.8, 4) is 0 Å². The first kappa shape index (κ1) is 20.0. The molecule has 3 aromatic carbocycles. The maximum absolute atomic E-state index is 5.95. The molecule has 2 heteroatoms. The third-order valence-corrected chi connectivity index (χ3v) is 6.18. The molecule has 0 fully saturated rings. The van der Waals surface area contributed by atoms with E-state index in [1.165, 1.54) is 33.4 Å². The second-order valence-corrected chi connectivity index (χ2v) is 8.98. The third kappa shape index (κ3) is 3.52. The standard InChI is InChI=1S/C26H32N2/c1-17-15-21(27)11-13-23(17)25(3,4)19-7-9-20(10-8-19)26(5,6)24-14-12-22(28)16-18(24)2/h7-16H,27-28H2,1-6H3. The number of rotatable bonds is 4. The molecule has 0 saturated heterocycles. The van der Waals surface area contributed by atoms with E-state index >= 15 is 0 Å². The van der Waals surface area contributed by atoms with Gasteiger partial charge in [-0.05, 0) is 71.5 Å². The van der Waals surface area contributed by atoms with E-state index in [1.54, 1.807) is 0 Å². The number of anilines is 2. The minimum atomic E-state index is -0.0857. The van der Waals surface area contributed by atoms with E-state index in [1.807, 2.05) is 12.1 Å². The Kier molecular flexibility index (Phi) is 5.01. The normalized spacial score (nSPS) is 12.2. The molecule has 0 aromatic heterocycles. The van der Waals surface area contributed by atoms with Crippen molar-refractivity contribution < 1.29 is 0 Å². The van der Waals surface area contributed by atoms with Gasteiger partial charge in [-0.25, -0.2) is 0 Å². The molecular weight excluding hydrogens is 340 g/mol. The van der Waals surface area contributed by atoms with Crippen LogP contribution >= 0.6 is 0 Å². The molecule has 0 bridgehead atoms. The van der Waals surface area contributed by atoms with Gasteiger partial charge in [-0.2, -0.15) is 0 Å². The van der Waals surface area contributed by atoms with Gasteiger partial charge >= 0.3 is 0 Å². The minimum Gasteiger partial charge on any atom is -0.399 e. The Morgan fingerprint density at radius 1 is 0.536 bits per heavy atom. The second kappa shape index (κ2) is 7.01. The SMILES string of the molecule is Cc1cc(N)ccc1C(C)(C)c1ccc(C(C)(C)c2ccc(N)cc2C)cc1. The summed E-state index contributed by atoms with van der Waals surface area (Å²) >= 11 is 0. The van der Waals surface area contributed by atoms with E-state index < -0.39 is 0 Å². The molecule has 0 amide bonds. The number of nitrogen functional groups attached to an aromatic ring is 2. The lowest BCUT2D eigenvalue weighted by Crippen LogP contribution is -2.23. The highest BCUT2D eigenvalue weighted by Gasteiger charge is 2.28. The van der Waals surface area contributed by atoms with E-state index in [2.05, 4.69) is 90.1 Å². The van der Waals surface area contributed by atoms with E-state index in [-0.39, 0.29) is 10.8 Å². The second-order valence-electron chi connectivity index (χ2n) is 8.98. The molecule has 146 valence electrons. The number of hydrogen-bond acceptors (Lipinski definition) is 2. The quantitative estimate of drug-likeness (QED) is 0.542. The van der Waals surface area contributed by atoms with Crippen LogP contribution in [0.25, 0.3) is 0 Å². The van der Waals surface area contributed by atoms with E-state index in [9.17, 15) is 0 Å². The average Bonchev–Trinajstić information content (AvgIpc) is 2.61. The lowest BCUT2D eigenvalue weighted by atomic mass is 9.73. The summed E-state index contributed by atoms with van der Waals surface area (Å²) in [5, 5.41) is 0. The summed E-state index contributed by atoms with van der Waals surface area (Å²) in [5.74, 6) is 0. The van der Waals surface area contributed by atoms with Crippen molar-refractivity contribution in [1.29, 1.82) is 0 Å². The molecule has 28 heavy (non-hydrogen) atoms. The van der Waals surface area contributed by atoms with Gasteiger partial charge in [0.1, 0.15) is 0 Å². The van der Waals surface area contributed by atoms with Crippen LogP contribution in [0.5, 0.6) is 0 Å². The predicted molar refractivity (Wildman–Crippen MR) is 122 cm³/mol. The number of hydrogen-bond donors (Lipinski definition) is 2. The summed E-state index contributed by atoms with van der Waals surface area (Å²) < 4.78 is 0. The zero-order chi connectivity index (χ0) is 20.7. The summed E-state index contributed by atoms with van der Waals surface area (Å²) in [7, 11) is 0. The smallest absolute Gasteiger partial charge is 0.0316 e. The molecular formula is C26H32N2. The maximum atomic E-state index is 5.95. The Balaban J connectivity index is 1.98. The highest BCUT2D eigenvalue weighted by molar-refractivity contribution is 5.52. The fourth-order valence-corrected chi connectivity index (χ4v) is 4.39. The summed E-state index contributed by atoms with van der Waals surface area (Å²) in [4.78, 5) is 0. The van der Waals surface area contributed by atoms with Crippen molar-refractivity contribution in [3.63, 3.8) is 0 Å². The molecule has 0 aliphatic rings. The molecule has 0 heterocycles. The number of benzene rings is 3. The van der Waals surface area contributed by atoms with Crippen LogP contribution in [0.4, 0.5) is 11.4 Å². The molecule has 2 nitrogen and oxygen atoms in total. The molecule has 0 unspecified atom stereocenters. The first-order valence-electron chi connectivity index (χ1n) is 9.87. The summed E-state index contributed by atoms with van der Waals surface area (Å²) in [6, 6.07) is 21.5. The highest BCUT2D eigenvalue weighted by Crippen LogP contribution is 2.38. The summed E-state index contributed by atoms with van der Waals surface area (Å²) in [5.41, 5.74) is 21.0. The lowest BCUT2D eigenvalue weighted by Gasteiger charge is -2.31. The summed E-state index contributed by atoms with van der Waals surface area (Å²) in [6.07, 6.45) is 0. The molecule has 0 atom stereocenters. The maximum Gasteiger partial charge on any atom is 0.0316 e. The monoisotopic (exact) mass is 372 g/mol. The zero-order valence-corrected chi connectivity index (χ0v) is 17.9. The van der Waals surface area contributed by atoms with Crippen LogP contribution in [0.15, 0.2) is 60.7 Å². The molecule has 0 radical (unpaired) electrons. The van der Waals surface area contributed by atoms with Crippen molar-refractivity contribution in [2.24, 2.45) is 0 Å². The van der Waals surface area contributed by atoms with Crippen molar-refractivity contribution in [2.75, 3.05) is 11.5 Å². The Morgan fingerprint density at radius 2 is 0.857 bits per heavy atom. The van der Waals surface area contributed by atoms with Gasteiger partial charge < -0.3 is 11.5 Å². The van der Waals surface area contributed by atoms with Crippen molar-refractivity contribution in [3.05, 3.63) is 94.0 Å². The van der Waals surface area contributed by atoms with Gasteiger partial charge in [0, 0.05) is 22.2 Å². The first-order valence-corrected chi connectivity index (χ1v) is 9.87. The van der Waals surface area contributed by atoms with Gasteiger partial charge in [-0.1, -0.05) is 64.1 Å². The molecule has 0 aliphatic heterocycles. The number of aryl methyl sites for hydroxylation is 2.